The third-order valence-corrected chi connectivity index (χ3v) is 11.7. The molecule has 0 bridgehead atoms. The van der Waals surface area contributed by atoms with Gasteiger partial charge in [0.2, 0.25) is 0 Å². The van der Waals surface area contributed by atoms with E-state index in [9.17, 15) is 0 Å². The van der Waals surface area contributed by atoms with Crippen molar-refractivity contribution in [2.45, 2.75) is 66.2 Å². The zero-order valence-electron chi connectivity index (χ0n) is 29.9. The summed E-state index contributed by atoms with van der Waals surface area (Å²) in [6.07, 6.45) is 3.56. The Kier molecular flexibility index (Phi) is 9.06. The third kappa shape index (κ3) is 6.34. The maximum Gasteiger partial charge on any atom is 2.00 e. The maximum atomic E-state index is 6.56. The molecule has 0 N–H and O–H groups in total. The number of para-hydroxylation sites is 1. The molecule has 0 saturated heterocycles. The summed E-state index contributed by atoms with van der Waals surface area (Å²) in [6.45, 7) is 17.6. The van der Waals surface area contributed by atoms with Crippen LogP contribution in [0.5, 0.6) is 11.5 Å². The molecule has 5 heterocycles. The standard InChI is InChI=1S/C43H38N4OS2.Pt/c1-25-38-41(50-40(25)27-13-15-28(16-14-27)42(3,4)5)39(46-24-45-38)36-23-35(26(2)49-36)48-30-17-18-32-31-11-9-10-12-33(31)47(34(32)22-30)37-21-29(19-20-44-37)43(6,7)8;/h9-21,24H,1-8H3;/q-2;+2. The fraction of sp³-hybridized carbons (Fsp3) is 0.233. The Balaban J connectivity index is 0.00000406. The summed E-state index contributed by atoms with van der Waals surface area (Å²) in [5, 5.41) is 2.25. The van der Waals surface area contributed by atoms with Crippen LogP contribution in [-0.2, 0) is 31.9 Å². The molecule has 3 aromatic carbocycles. The van der Waals surface area contributed by atoms with Crippen molar-refractivity contribution in [2.75, 3.05) is 0 Å². The quantitative estimate of drug-likeness (QED) is 0.162. The summed E-state index contributed by atoms with van der Waals surface area (Å²) < 4.78 is 9.81. The van der Waals surface area contributed by atoms with Crippen molar-refractivity contribution in [2.24, 2.45) is 0 Å². The number of benzene rings is 3. The molecule has 0 saturated carbocycles. The number of fused-ring (bicyclic) bond motifs is 4. The molecule has 51 heavy (non-hydrogen) atoms. The van der Waals surface area contributed by atoms with Crippen molar-refractivity contribution in [3.05, 3.63) is 119 Å². The summed E-state index contributed by atoms with van der Waals surface area (Å²) in [5.74, 6) is 2.16. The largest absolute Gasteiger partial charge is 2.00 e. The minimum atomic E-state index is -0.00518. The van der Waals surface area contributed by atoms with Crippen LogP contribution in [0.25, 0.3) is 58.9 Å². The van der Waals surface area contributed by atoms with E-state index in [1.807, 2.05) is 12.3 Å². The van der Waals surface area contributed by atoms with Crippen molar-refractivity contribution in [3.8, 4) is 38.3 Å². The molecule has 0 atom stereocenters. The number of nitrogens with zero attached hydrogens (tertiary/aromatic N) is 4. The third-order valence-electron chi connectivity index (χ3n) is 9.34. The topological polar surface area (TPSA) is 52.8 Å². The summed E-state index contributed by atoms with van der Waals surface area (Å²) in [4.78, 5) is 17.5. The monoisotopic (exact) mass is 885 g/mol. The average molecular weight is 886 g/mol. The van der Waals surface area contributed by atoms with Gasteiger partial charge in [0, 0.05) is 38.5 Å². The van der Waals surface area contributed by atoms with Gasteiger partial charge in [-0.05, 0) is 63.6 Å². The Hall–Kier alpha value is -4.16. The van der Waals surface area contributed by atoms with Gasteiger partial charge >= 0.3 is 21.1 Å². The number of aryl methyl sites for hydroxylation is 2. The van der Waals surface area contributed by atoms with Gasteiger partial charge in [-0.25, -0.2) is 21.3 Å². The molecular formula is C43H38N4OPtS2. The van der Waals surface area contributed by atoms with Crippen LogP contribution in [0.1, 0.15) is 63.1 Å². The van der Waals surface area contributed by atoms with Crippen LogP contribution in [-0.4, -0.2) is 19.5 Å². The Morgan fingerprint density at radius 3 is 2.24 bits per heavy atom. The molecule has 5 nitrogen and oxygen atoms in total. The average Bonchev–Trinajstić information content (AvgIpc) is 3.74. The van der Waals surface area contributed by atoms with Gasteiger partial charge in [-0.2, -0.15) is 6.07 Å². The summed E-state index contributed by atoms with van der Waals surface area (Å²) in [6, 6.07) is 32.9. The second-order valence-corrected chi connectivity index (χ2v) is 17.2. The molecule has 0 amide bonds. The van der Waals surface area contributed by atoms with Crippen LogP contribution in [0, 0.1) is 26.0 Å². The van der Waals surface area contributed by atoms with Crippen molar-refractivity contribution < 1.29 is 25.8 Å². The van der Waals surface area contributed by atoms with Gasteiger partial charge in [0.15, 0.2) is 0 Å². The number of aromatic nitrogens is 4. The molecule has 0 aliphatic carbocycles. The predicted octanol–water partition coefficient (Wildman–Crippen LogP) is 12.2. The van der Waals surface area contributed by atoms with Crippen molar-refractivity contribution in [1.29, 1.82) is 0 Å². The molecular weight excluding hydrogens is 848 g/mol. The van der Waals surface area contributed by atoms with E-state index < -0.39 is 0 Å². The van der Waals surface area contributed by atoms with Gasteiger partial charge in [0.1, 0.15) is 12.1 Å². The first-order valence-corrected chi connectivity index (χ1v) is 18.5. The Bertz CT molecular complexity index is 2560. The number of thiophene rings is 2. The summed E-state index contributed by atoms with van der Waals surface area (Å²) >= 11 is 3.38. The molecule has 8 rings (SSSR count). The van der Waals surface area contributed by atoms with E-state index >= 15 is 0 Å². The zero-order valence-corrected chi connectivity index (χ0v) is 33.8. The van der Waals surface area contributed by atoms with E-state index in [1.165, 1.54) is 27.1 Å². The fourth-order valence-electron chi connectivity index (χ4n) is 6.49. The van der Waals surface area contributed by atoms with Crippen LogP contribution in [0.3, 0.4) is 0 Å². The van der Waals surface area contributed by atoms with E-state index in [4.69, 9.17) is 19.7 Å². The van der Waals surface area contributed by atoms with E-state index in [0.29, 0.717) is 11.5 Å². The molecule has 0 unspecified atom stereocenters. The van der Waals surface area contributed by atoms with Gasteiger partial charge in [0.05, 0.1) is 5.52 Å². The fourth-order valence-corrected chi connectivity index (χ4v) is 8.71. The second-order valence-electron chi connectivity index (χ2n) is 14.9. The first kappa shape index (κ1) is 35.3. The minimum Gasteiger partial charge on any atom is -0.508 e. The summed E-state index contributed by atoms with van der Waals surface area (Å²) in [5.41, 5.74) is 8.88. The summed E-state index contributed by atoms with van der Waals surface area (Å²) in [7, 11) is 0. The number of rotatable bonds is 5. The normalized spacial score (nSPS) is 12.2. The van der Waals surface area contributed by atoms with Gasteiger partial charge in [-0.15, -0.1) is 34.9 Å². The van der Waals surface area contributed by atoms with Gasteiger partial charge in [-0.3, -0.25) is 4.98 Å². The van der Waals surface area contributed by atoms with Crippen LogP contribution in [0.2, 0.25) is 0 Å². The first-order valence-electron chi connectivity index (χ1n) is 16.8. The second kappa shape index (κ2) is 13.1. The SMILES string of the molecule is Cc1sc(-c2ncnc3c(C)c(-c4ccc(C(C)(C)C)cc4)sc23)[c-]c1Oc1[c-]c2c(cc1)c1ccccc1n2-c1cc(C(C)(C)C)ccn1.[Pt+2]. The minimum absolute atomic E-state index is 0. The number of hydrogen-bond acceptors (Lipinski definition) is 6. The molecule has 0 aliphatic rings. The molecule has 0 spiro atoms. The number of hydrogen-bond donors (Lipinski definition) is 0. The van der Waals surface area contributed by atoms with Crippen LogP contribution in [0.4, 0.5) is 0 Å². The first-order chi connectivity index (χ1) is 23.9. The Morgan fingerprint density at radius 1 is 0.745 bits per heavy atom. The van der Waals surface area contributed by atoms with Crippen molar-refractivity contribution in [1.82, 2.24) is 19.5 Å². The van der Waals surface area contributed by atoms with E-state index in [2.05, 4.69) is 139 Å². The molecule has 0 radical (unpaired) electrons. The molecule has 0 fully saturated rings. The van der Waals surface area contributed by atoms with Crippen molar-refractivity contribution in [3.63, 3.8) is 0 Å². The smallest absolute Gasteiger partial charge is 0.508 e. The molecule has 8 aromatic rings. The van der Waals surface area contributed by atoms with Crippen LogP contribution >= 0.6 is 22.7 Å². The van der Waals surface area contributed by atoms with Gasteiger partial charge in [0.25, 0.3) is 0 Å². The predicted molar refractivity (Wildman–Crippen MR) is 209 cm³/mol. The molecule has 5 aromatic heterocycles. The van der Waals surface area contributed by atoms with Crippen molar-refractivity contribution >= 4 is 54.7 Å². The van der Waals surface area contributed by atoms with Crippen LogP contribution < -0.4 is 4.74 Å². The number of pyridine rings is 1. The number of ether oxygens (including phenoxy) is 1. The van der Waals surface area contributed by atoms with E-state index in [1.54, 1.807) is 29.0 Å². The maximum absolute atomic E-state index is 6.56. The van der Waals surface area contributed by atoms with Gasteiger partial charge < -0.3 is 9.30 Å². The van der Waals surface area contributed by atoms with E-state index in [0.717, 1.165) is 53.3 Å². The van der Waals surface area contributed by atoms with Gasteiger partial charge in [-0.1, -0.05) is 106 Å². The Labute approximate surface area is 321 Å². The zero-order chi connectivity index (χ0) is 34.9. The van der Waals surface area contributed by atoms with E-state index in [-0.39, 0.29) is 31.9 Å². The molecule has 258 valence electrons. The molecule has 8 heteroatoms. The van der Waals surface area contributed by atoms with Crippen LogP contribution in [0.15, 0.2) is 85.3 Å². The Morgan fingerprint density at radius 2 is 1.49 bits per heavy atom. The molecule has 0 aliphatic heterocycles.